The van der Waals surface area contributed by atoms with E-state index in [0.29, 0.717) is 6.54 Å². The molecule has 0 fully saturated rings. The third-order valence-electron chi connectivity index (χ3n) is 1.30. The van der Waals surface area contributed by atoms with Crippen molar-refractivity contribution >= 4 is 11.9 Å². The number of rotatable bonds is 5. The second kappa shape index (κ2) is 6.33. The third kappa shape index (κ3) is 7.51. The van der Waals surface area contributed by atoms with Crippen molar-refractivity contribution < 1.29 is 19.1 Å². The van der Waals surface area contributed by atoms with Crippen LogP contribution < -0.4 is 5.84 Å². The summed E-state index contributed by atoms with van der Waals surface area (Å²) >= 11 is 0. The molecule has 0 bridgehead atoms. The minimum Gasteiger partial charge on any atom is -0.462 e. The molecule has 0 aliphatic carbocycles. The minimum atomic E-state index is -0.522. The number of ether oxygens (including phenoxy) is 2. The molecule has 1 unspecified atom stereocenters. The molecule has 0 saturated carbocycles. The molecule has 0 spiro atoms. The molecule has 0 aromatic carbocycles. The summed E-state index contributed by atoms with van der Waals surface area (Å²) in [6.07, 6.45) is -0.522. The van der Waals surface area contributed by atoms with Gasteiger partial charge in [-0.05, 0) is 0 Å². The molecule has 0 radical (unpaired) electrons. The molecule has 0 amide bonds. The summed E-state index contributed by atoms with van der Waals surface area (Å²) in [7, 11) is 1.63. The molecule has 0 aromatic heterocycles. The highest BCUT2D eigenvalue weighted by molar-refractivity contribution is 5.67. The molecule has 14 heavy (non-hydrogen) atoms. The summed E-state index contributed by atoms with van der Waals surface area (Å²) in [5.74, 6) is 4.54. The Bertz CT molecular complexity index is 206. The predicted octanol–water partition coefficient (Wildman–Crippen LogP) is -0.713. The maximum Gasteiger partial charge on any atom is 0.303 e. The average molecular weight is 204 g/mol. The van der Waals surface area contributed by atoms with Crippen LogP contribution in [0.4, 0.5) is 0 Å². The van der Waals surface area contributed by atoms with Gasteiger partial charge in [0.15, 0.2) is 0 Å². The van der Waals surface area contributed by atoms with Gasteiger partial charge in [0.2, 0.25) is 0 Å². The fourth-order valence-corrected chi connectivity index (χ4v) is 0.890. The van der Waals surface area contributed by atoms with Gasteiger partial charge < -0.3 is 9.47 Å². The first kappa shape index (κ1) is 12.9. The Kier molecular flexibility index (Phi) is 5.82. The van der Waals surface area contributed by atoms with Crippen LogP contribution in [0.25, 0.3) is 0 Å². The van der Waals surface area contributed by atoms with Gasteiger partial charge in [-0.1, -0.05) is 0 Å². The molecule has 1 atom stereocenters. The number of nitrogens with two attached hydrogens (primary N) is 1. The number of hydrazine groups is 1. The molecule has 0 aromatic rings. The Balaban J connectivity index is 3.96. The number of nitrogens with zero attached hydrogens (tertiary/aromatic N) is 1. The fourth-order valence-electron chi connectivity index (χ4n) is 0.890. The number of likely N-dealkylation sites (N-methyl/N-ethyl adjacent to an activating group) is 1. The van der Waals surface area contributed by atoms with E-state index >= 15 is 0 Å². The van der Waals surface area contributed by atoms with Crippen molar-refractivity contribution in [2.75, 3.05) is 20.2 Å². The molecule has 2 N–H and O–H groups in total. The smallest absolute Gasteiger partial charge is 0.303 e. The Morgan fingerprint density at radius 2 is 1.93 bits per heavy atom. The van der Waals surface area contributed by atoms with Crippen LogP contribution in [-0.4, -0.2) is 43.3 Å². The Morgan fingerprint density at radius 1 is 1.36 bits per heavy atom. The Hall–Kier alpha value is -1.14. The largest absolute Gasteiger partial charge is 0.462 e. The fraction of sp³-hybridized carbons (Fsp3) is 0.750. The van der Waals surface area contributed by atoms with Gasteiger partial charge in [-0.3, -0.25) is 15.4 Å². The monoisotopic (exact) mass is 204 g/mol. The maximum absolute atomic E-state index is 10.7. The zero-order valence-electron chi connectivity index (χ0n) is 8.65. The van der Waals surface area contributed by atoms with E-state index in [2.05, 4.69) is 0 Å². The first-order chi connectivity index (χ1) is 6.41. The lowest BCUT2D eigenvalue weighted by atomic mass is 10.3. The summed E-state index contributed by atoms with van der Waals surface area (Å²) in [5.41, 5.74) is 0. The molecular weight excluding hydrogens is 188 g/mol. The van der Waals surface area contributed by atoms with Crippen LogP contribution in [0, 0.1) is 0 Å². The summed E-state index contributed by atoms with van der Waals surface area (Å²) in [4.78, 5) is 21.2. The zero-order chi connectivity index (χ0) is 11.1. The molecule has 0 saturated heterocycles. The number of carbonyl (C=O) groups is 2. The van der Waals surface area contributed by atoms with Crippen molar-refractivity contribution in [3.05, 3.63) is 0 Å². The molecule has 6 heteroatoms. The number of carbonyl (C=O) groups excluding carboxylic acids is 2. The first-order valence-corrected chi connectivity index (χ1v) is 4.18. The van der Waals surface area contributed by atoms with Gasteiger partial charge in [0.1, 0.15) is 12.7 Å². The predicted molar refractivity (Wildman–Crippen MR) is 49.0 cm³/mol. The van der Waals surface area contributed by atoms with Crippen molar-refractivity contribution in [2.45, 2.75) is 20.0 Å². The Morgan fingerprint density at radius 3 is 2.29 bits per heavy atom. The highest BCUT2D eigenvalue weighted by Crippen LogP contribution is 1.96. The van der Waals surface area contributed by atoms with Gasteiger partial charge in [0.25, 0.3) is 0 Å². The van der Waals surface area contributed by atoms with E-state index in [1.165, 1.54) is 18.9 Å². The first-order valence-electron chi connectivity index (χ1n) is 4.18. The lowest BCUT2D eigenvalue weighted by Crippen LogP contribution is -2.39. The van der Waals surface area contributed by atoms with Crippen LogP contribution in [-0.2, 0) is 19.1 Å². The topological polar surface area (TPSA) is 81.9 Å². The highest BCUT2D eigenvalue weighted by atomic mass is 16.6. The molecule has 0 heterocycles. The summed E-state index contributed by atoms with van der Waals surface area (Å²) in [5, 5.41) is 1.36. The van der Waals surface area contributed by atoms with Crippen LogP contribution in [0.15, 0.2) is 0 Å². The van der Waals surface area contributed by atoms with Gasteiger partial charge in [-0.15, -0.1) is 0 Å². The molecule has 82 valence electrons. The van der Waals surface area contributed by atoms with E-state index < -0.39 is 18.0 Å². The zero-order valence-corrected chi connectivity index (χ0v) is 8.65. The quantitative estimate of drug-likeness (QED) is 0.362. The summed E-state index contributed by atoms with van der Waals surface area (Å²) in [6.45, 7) is 2.91. The van der Waals surface area contributed by atoms with E-state index in [-0.39, 0.29) is 6.61 Å². The summed E-state index contributed by atoms with van der Waals surface area (Å²) < 4.78 is 9.58. The molecule has 6 nitrogen and oxygen atoms in total. The van der Waals surface area contributed by atoms with E-state index in [1.54, 1.807) is 7.05 Å². The van der Waals surface area contributed by atoms with Crippen molar-refractivity contribution in [3.63, 3.8) is 0 Å². The van der Waals surface area contributed by atoms with E-state index in [4.69, 9.17) is 15.3 Å². The van der Waals surface area contributed by atoms with Crippen molar-refractivity contribution in [2.24, 2.45) is 5.84 Å². The molecule has 0 aliphatic heterocycles. The van der Waals surface area contributed by atoms with Crippen LogP contribution >= 0.6 is 0 Å². The van der Waals surface area contributed by atoms with Gasteiger partial charge in [-0.2, -0.15) is 0 Å². The number of hydrogen-bond donors (Lipinski definition) is 1. The molecular formula is C8H16N2O4. The second-order valence-corrected chi connectivity index (χ2v) is 2.97. The van der Waals surface area contributed by atoms with Crippen LogP contribution in [0.1, 0.15) is 13.8 Å². The van der Waals surface area contributed by atoms with Gasteiger partial charge in [0, 0.05) is 20.9 Å². The lowest BCUT2D eigenvalue weighted by molar-refractivity contribution is -0.157. The van der Waals surface area contributed by atoms with Crippen molar-refractivity contribution in [1.29, 1.82) is 0 Å². The van der Waals surface area contributed by atoms with E-state index in [9.17, 15) is 9.59 Å². The number of esters is 2. The van der Waals surface area contributed by atoms with E-state index in [1.807, 2.05) is 0 Å². The lowest BCUT2D eigenvalue weighted by Gasteiger charge is -2.19. The van der Waals surface area contributed by atoms with Gasteiger partial charge >= 0.3 is 11.9 Å². The second-order valence-electron chi connectivity index (χ2n) is 2.97. The SMILES string of the molecule is CC(=O)OCC(CN(C)N)OC(C)=O. The average Bonchev–Trinajstić information content (AvgIpc) is 1.97. The van der Waals surface area contributed by atoms with Crippen LogP contribution in [0.3, 0.4) is 0 Å². The third-order valence-corrected chi connectivity index (χ3v) is 1.30. The van der Waals surface area contributed by atoms with E-state index in [0.717, 1.165) is 0 Å². The minimum absolute atomic E-state index is 0.0243. The van der Waals surface area contributed by atoms with Crippen molar-refractivity contribution in [1.82, 2.24) is 5.01 Å². The van der Waals surface area contributed by atoms with Gasteiger partial charge in [-0.25, -0.2) is 5.01 Å². The molecule has 0 aliphatic rings. The standard InChI is InChI=1S/C8H16N2O4/c1-6(11)13-5-8(4-10(3)9)14-7(2)12/h8H,4-5,9H2,1-3H3. The van der Waals surface area contributed by atoms with Gasteiger partial charge in [0.05, 0.1) is 6.54 Å². The van der Waals surface area contributed by atoms with Crippen LogP contribution in [0.5, 0.6) is 0 Å². The normalized spacial score (nSPS) is 12.4. The highest BCUT2D eigenvalue weighted by Gasteiger charge is 2.14. The summed E-state index contributed by atoms with van der Waals surface area (Å²) in [6, 6.07) is 0. The molecule has 0 rings (SSSR count). The number of hydrogen-bond acceptors (Lipinski definition) is 6. The maximum atomic E-state index is 10.7. The Labute approximate surface area is 82.9 Å². The van der Waals surface area contributed by atoms with Crippen molar-refractivity contribution in [3.8, 4) is 0 Å². The van der Waals surface area contributed by atoms with Crippen LogP contribution in [0.2, 0.25) is 0 Å².